The number of nitrogens with one attached hydrogen (secondary N) is 1. The van der Waals surface area contributed by atoms with Crippen molar-refractivity contribution in [3.05, 3.63) is 28.1 Å². The number of aromatic nitrogens is 1. The van der Waals surface area contributed by atoms with Crippen molar-refractivity contribution >= 4 is 11.6 Å². The van der Waals surface area contributed by atoms with Crippen molar-refractivity contribution < 1.29 is 14.8 Å². The van der Waals surface area contributed by atoms with Crippen molar-refractivity contribution in [2.45, 2.75) is 50.8 Å². The predicted octanol–water partition coefficient (Wildman–Crippen LogP) is 1.62. The van der Waals surface area contributed by atoms with E-state index in [0.29, 0.717) is 13.0 Å². The molecule has 0 radical (unpaired) electrons. The zero-order chi connectivity index (χ0) is 18.1. The number of rotatable bonds is 6. The van der Waals surface area contributed by atoms with E-state index in [1.54, 1.807) is 4.90 Å². The first-order valence-electron chi connectivity index (χ1n) is 8.13. The molecule has 1 saturated carbocycles. The summed E-state index contributed by atoms with van der Waals surface area (Å²) in [6, 6.07) is 0.985. The van der Waals surface area contributed by atoms with Crippen molar-refractivity contribution in [2.75, 3.05) is 20.6 Å². The van der Waals surface area contributed by atoms with Crippen LogP contribution in [0.1, 0.15) is 43.6 Å². The second-order valence-corrected chi connectivity index (χ2v) is 7.23. The van der Waals surface area contributed by atoms with Gasteiger partial charge < -0.3 is 19.9 Å². The minimum absolute atomic E-state index is 0.142. The van der Waals surface area contributed by atoms with Gasteiger partial charge in [-0.15, -0.1) is 0 Å². The van der Waals surface area contributed by atoms with Crippen LogP contribution >= 0.6 is 0 Å². The Labute approximate surface area is 141 Å². The van der Waals surface area contributed by atoms with E-state index in [1.165, 1.54) is 12.3 Å². The van der Waals surface area contributed by atoms with Crippen LogP contribution in [0.3, 0.4) is 0 Å². The minimum Gasteiger partial charge on any atom is -0.391 e. The smallest absolute Gasteiger partial charge is 0.287 e. The fourth-order valence-electron chi connectivity index (χ4n) is 2.95. The highest BCUT2D eigenvalue weighted by atomic mass is 16.6. The van der Waals surface area contributed by atoms with Gasteiger partial charge in [-0.25, -0.2) is 0 Å². The molecule has 2 rings (SSSR count). The third-order valence-electron chi connectivity index (χ3n) is 4.98. The zero-order valence-electron chi connectivity index (χ0n) is 14.7. The van der Waals surface area contributed by atoms with Gasteiger partial charge in [-0.2, -0.15) is 0 Å². The maximum atomic E-state index is 13.0. The molecule has 0 aromatic carbocycles. The summed E-state index contributed by atoms with van der Waals surface area (Å²) in [5, 5.41) is 21.1. The van der Waals surface area contributed by atoms with Gasteiger partial charge in [0, 0.05) is 18.2 Å². The summed E-state index contributed by atoms with van der Waals surface area (Å²) >= 11 is 0. The normalized spacial score (nSPS) is 21.2. The third kappa shape index (κ3) is 3.76. The second-order valence-electron chi connectivity index (χ2n) is 7.23. The maximum Gasteiger partial charge on any atom is 0.287 e. The summed E-state index contributed by atoms with van der Waals surface area (Å²) in [6.45, 7) is 4.46. The van der Waals surface area contributed by atoms with Crippen LogP contribution in [0.25, 0.3) is 0 Å². The molecule has 134 valence electrons. The van der Waals surface area contributed by atoms with E-state index in [1.807, 2.05) is 32.8 Å². The van der Waals surface area contributed by atoms with Crippen LogP contribution < -0.4 is 0 Å². The van der Waals surface area contributed by atoms with Crippen molar-refractivity contribution in [3.63, 3.8) is 0 Å². The molecule has 8 nitrogen and oxygen atoms in total. The number of carbonyl (C=O) groups excluding carboxylic acids is 1. The van der Waals surface area contributed by atoms with E-state index < -0.39 is 11.0 Å². The molecule has 0 bridgehead atoms. The Bertz CT molecular complexity index is 611. The average molecular weight is 338 g/mol. The molecule has 1 aromatic rings. The van der Waals surface area contributed by atoms with E-state index >= 15 is 0 Å². The van der Waals surface area contributed by atoms with Gasteiger partial charge in [-0.1, -0.05) is 0 Å². The first-order chi connectivity index (χ1) is 11.1. The molecule has 0 spiro atoms. The van der Waals surface area contributed by atoms with E-state index in [0.717, 1.165) is 12.8 Å². The molecule has 1 aromatic heterocycles. The SMILES string of the molecule is CN(C)C(C)(C)CN(C(=O)c1cc([N+](=O)[O-])c[nH]1)C1CCCC1O. The third-order valence-corrected chi connectivity index (χ3v) is 4.98. The van der Waals surface area contributed by atoms with E-state index in [2.05, 4.69) is 4.98 Å². The Kier molecular flexibility index (Phi) is 5.29. The molecule has 8 heteroatoms. The van der Waals surface area contributed by atoms with Crippen molar-refractivity contribution in [1.82, 2.24) is 14.8 Å². The molecule has 0 aliphatic heterocycles. The Morgan fingerprint density at radius 2 is 2.12 bits per heavy atom. The molecule has 1 heterocycles. The molecule has 1 aliphatic rings. The lowest BCUT2D eigenvalue weighted by Gasteiger charge is -2.41. The number of carbonyl (C=O) groups is 1. The number of aliphatic hydroxyl groups excluding tert-OH is 1. The van der Waals surface area contributed by atoms with Gasteiger partial charge in [0.2, 0.25) is 0 Å². The Balaban J connectivity index is 2.30. The first-order valence-corrected chi connectivity index (χ1v) is 8.13. The van der Waals surface area contributed by atoms with Crippen LogP contribution in [0.2, 0.25) is 0 Å². The molecule has 2 unspecified atom stereocenters. The number of hydrogen-bond donors (Lipinski definition) is 2. The Morgan fingerprint density at radius 3 is 2.58 bits per heavy atom. The summed E-state index contributed by atoms with van der Waals surface area (Å²) in [4.78, 5) is 29.6. The minimum atomic E-state index is -0.558. The van der Waals surface area contributed by atoms with Gasteiger partial charge in [0.25, 0.3) is 11.6 Å². The van der Waals surface area contributed by atoms with Gasteiger partial charge in [0.05, 0.1) is 23.3 Å². The summed E-state index contributed by atoms with van der Waals surface area (Å²) in [5.41, 5.74) is -0.260. The number of aliphatic hydroxyl groups is 1. The van der Waals surface area contributed by atoms with Crippen LogP contribution in [0.15, 0.2) is 12.3 Å². The molecule has 1 amide bonds. The molecule has 1 fully saturated rings. The largest absolute Gasteiger partial charge is 0.391 e. The fourth-order valence-corrected chi connectivity index (χ4v) is 2.95. The van der Waals surface area contributed by atoms with Crippen molar-refractivity contribution in [1.29, 1.82) is 0 Å². The maximum absolute atomic E-state index is 13.0. The topological polar surface area (TPSA) is 103 Å². The lowest BCUT2D eigenvalue weighted by Crippen LogP contribution is -2.55. The average Bonchev–Trinajstić information content (AvgIpc) is 3.13. The van der Waals surface area contributed by atoms with Crippen LogP contribution in [0.5, 0.6) is 0 Å². The van der Waals surface area contributed by atoms with Crippen LogP contribution in [-0.4, -0.2) is 69.0 Å². The van der Waals surface area contributed by atoms with E-state index in [-0.39, 0.29) is 28.9 Å². The van der Waals surface area contributed by atoms with Gasteiger partial charge in [0.15, 0.2) is 0 Å². The standard InChI is InChI=1S/C16H26N4O4/c1-16(2,18(3)4)10-19(13-6-5-7-14(13)21)15(22)12-8-11(9-17-12)20(23)24/h8-9,13-14,17,21H,5-7,10H2,1-4H3. The Hall–Kier alpha value is -1.93. The van der Waals surface area contributed by atoms with Gasteiger partial charge in [-0.3, -0.25) is 14.9 Å². The monoisotopic (exact) mass is 338 g/mol. The quantitative estimate of drug-likeness (QED) is 0.606. The summed E-state index contributed by atoms with van der Waals surface area (Å²) in [5.74, 6) is -0.316. The number of aromatic amines is 1. The number of amides is 1. The van der Waals surface area contributed by atoms with E-state index in [9.17, 15) is 20.0 Å². The highest BCUT2D eigenvalue weighted by molar-refractivity contribution is 5.93. The first kappa shape index (κ1) is 18.4. The second kappa shape index (κ2) is 6.90. The number of nitro groups is 1. The molecular weight excluding hydrogens is 312 g/mol. The van der Waals surface area contributed by atoms with Crippen LogP contribution in [-0.2, 0) is 0 Å². The zero-order valence-corrected chi connectivity index (χ0v) is 14.7. The lowest BCUT2D eigenvalue weighted by molar-refractivity contribution is -0.384. The number of nitrogens with zero attached hydrogens (tertiary/aromatic N) is 3. The van der Waals surface area contributed by atoms with Crippen LogP contribution in [0.4, 0.5) is 5.69 Å². The molecule has 2 N–H and O–H groups in total. The summed E-state index contributed by atoms with van der Waals surface area (Å²) < 4.78 is 0. The predicted molar refractivity (Wildman–Crippen MR) is 89.9 cm³/mol. The van der Waals surface area contributed by atoms with Gasteiger partial charge in [0.1, 0.15) is 5.69 Å². The number of likely N-dealkylation sites (N-methyl/N-ethyl adjacent to an activating group) is 1. The van der Waals surface area contributed by atoms with Crippen molar-refractivity contribution in [3.8, 4) is 0 Å². The van der Waals surface area contributed by atoms with Gasteiger partial charge in [-0.05, 0) is 47.2 Å². The molecule has 1 aliphatic carbocycles. The number of hydrogen-bond acceptors (Lipinski definition) is 5. The lowest BCUT2D eigenvalue weighted by atomic mass is 10.0. The molecule has 2 atom stereocenters. The number of H-pyrrole nitrogens is 1. The van der Waals surface area contributed by atoms with Crippen molar-refractivity contribution in [2.24, 2.45) is 0 Å². The highest BCUT2D eigenvalue weighted by Gasteiger charge is 2.38. The fraction of sp³-hybridized carbons (Fsp3) is 0.688. The molecule has 24 heavy (non-hydrogen) atoms. The highest BCUT2D eigenvalue weighted by Crippen LogP contribution is 2.28. The summed E-state index contributed by atoms with van der Waals surface area (Å²) in [6.07, 6.45) is 2.93. The molecule has 0 saturated heterocycles. The van der Waals surface area contributed by atoms with Gasteiger partial charge >= 0.3 is 0 Å². The Morgan fingerprint density at radius 1 is 1.46 bits per heavy atom. The molecular formula is C16H26N4O4. The van der Waals surface area contributed by atoms with E-state index in [4.69, 9.17) is 0 Å². The van der Waals surface area contributed by atoms with Crippen LogP contribution in [0, 0.1) is 10.1 Å². The summed E-state index contributed by atoms with van der Waals surface area (Å²) in [7, 11) is 3.88.